The quantitative estimate of drug-likeness (QED) is 0.532. The van der Waals surface area contributed by atoms with Crippen molar-refractivity contribution in [2.45, 2.75) is 58.8 Å². The second-order valence-electron chi connectivity index (χ2n) is 6.37. The lowest BCUT2D eigenvalue weighted by Crippen LogP contribution is -2.43. The van der Waals surface area contributed by atoms with Crippen molar-refractivity contribution in [1.29, 1.82) is 5.41 Å². The van der Waals surface area contributed by atoms with Crippen LogP contribution in [0.5, 0.6) is 0 Å². The summed E-state index contributed by atoms with van der Waals surface area (Å²) in [6.45, 7) is 6.94. The summed E-state index contributed by atoms with van der Waals surface area (Å²) in [7, 11) is 0. The van der Waals surface area contributed by atoms with Crippen molar-refractivity contribution in [3.8, 4) is 0 Å². The number of nitrogens with zero attached hydrogens (tertiary/aromatic N) is 1. The maximum Gasteiger partial charge on any atom is 0.0989 e. The van der Waals surface area contributed by atoms with Crippen LogP contribution in [0.2, 0.25) is 0 Å². The van der Waals surface area contributed by atoms with Crippen LogP contribution in [0.3, 0.4) is 0 Å². The molecule has 0 bridgehead atoms. The average molecular weight is 222 g/mol. The van der Waals surface area contributed by atoms with Gasteiger partial charge in [-0.3, -0.25) is 5.41 Å². The van der Waals surface area contributed by atoms with Crippen molar-refractivity contribution in [3.63, 3.8) is 0 Å². The van der Waals surface area contributed by atoms with Gasteiger partial charge in [-0.2, -0.15) is 0 Å². The molecule has 0 aromatic carbocycles. The van der Waals surface area contributed by atoms with Gasteiger partial charge in [0.05, 0.1) is 5.84 Å². The van der Waals surface area contributed by atoms with Crippen LogP contribution in [-0.4, -0.2) is 23.8 Å². The van der Waals surface area contributed by atoms with E-state index in [1.165, 1.54) is 44.9 Å². The summed E-state index contributed by atoms with van der Waals surface area (Å²) in [4.78, 5) is 2.35. The van der Waals surface area contributed by atoms with Gasteiger partial charge < -0.3 is 4.90 Å². The van der Waals surface area contributed by atoms with E-state index in [0.29, 0.717) is 11.3 Å². The van der Waals surface area contributed by atoms with Gasteiger partial charge >= 0.3 is 0 Å². The van der Waals surface area contributed by atoms with Gasteiger partial charge in [0.15, 0.2) is 0 Å². The second kappa shape index (κ2) is 4.77. The molecule has 0 unspecified atom stereocenters. The maximum atomic E-state index is 8.33. The number of amidine groups is 1. The van der Waals surface area contributed by atoms with E-state index in [1.807, 2.05) is 0 Å². The Morgan fingerprint density at radius 3 is 2.19 bits per heavy atom. The molecule has 0 atom stereocenters. The molecule has 2 rings (SSSR count). The fraction of sp³-hybridized carbons (Fsp3) is 0.929. The minimum absolute atomic E-state index is 0.503. The fourth-order valence-electron chi connectivity index (χ4n) is 2.99. The van der Waals surface area contributed by atoms with Crippen molar-refractivity contribution < 1.29 is 0 Å². The van der Waals surface area contributed by atoms with E-state index in [9.17, 15) is 0 Å². The van der Waals surface area contributed by atoms with Crippen molar-refractivity contribution in [3.05, 3.63) is 0 Å². The fourth-order valence-corrected chi connectivity index (χ4v) is 2.99. The lowest BCUT2D eigenvalue weighted by atomic mass is 9.81. The van der Waals surface area contributed by atoms with Crippen molar-refractivity contribution >= 4 is 5.84 Å². The van der Waals surface area contributed by atoms with Gasteiger partial charge in [0, 0.05) is 19.0 Å². The number of rotatable bonds is 1. The summed E-state index contributed by atoms with van der Waals surface area (Å²) in [5.41, 5.74) is 0.503. The standard InChI is InChI=1S/C14H26N2/c1-14(2)8-10-16(11-9-14)13(15)12-6-4-3-5-7-12/h12,15H,3-11H2,1-2H3. The molecule has 2 fully saturated rings. The van der Waals surface area contributed by atoms with Gasteiger partial charge in [0.25, 0.3) is 0 Å². The first kappa shape index (κ1) is 11.9. The highest BCUT2D eigenvalue weighted by Crippen LogP contribution is 2.32. The number of hydrogen-bond acceptors (Lipinski definition) is 1. The van der Waals surface area contributed by atoms with Crippen LogP contribution in [-0.2, 0) is 0 Å². The SMILES string of the molecule is CC1(C)CCN(C(=N)C2CCCCC2)CC1. The van der Waals surface area contributed by atoms with Crippen LogP contribution >= 0.6 is 0 Å². The number of likely N-dealkylation sites (tertiary alicyclic amines) is 1. The lowest BCUT2D eigenvalue weighted by Gasteiger charge is -2.40. The second-order valence-corrected chi connectivity index (χ2v) is 6.37. The van der Waals surface area contributed by atoms with Gasteiger partial charge in [0.1, 0.15) is 0 Å². The molecular formula is C14H26N2. The summed E-state index contributed by atoms with van der Waals surface area (Å²) in [6, 6.07) is 0. The molecule has 2 aliphatic rings. The van der Waals surface area contributed by atoms with Crippen molar-refractivity contribution in [2.75, 3.05) is 13.1 Å². The zero-order valence-electron chi connectivity index (χ0n) is 10.9. The Hall–Kier alpha value is -0.530. The molecule has 92 valence electrons. The predicted octanol–water partition coefficient (Wildman–Crippen LogP) is 3.67. The highest BCUT2D eigenvalue weighted by Gasteiger charge is 2.29. The Bertz CT molecular complexity index is 241. The maximum absolute atomic E-state index is 8.33. The van der Waals surface area contributed by atoms with E-state index >= 15 is 0 Å². The van der Waals surface area contributed by atoms with Crippen molar-refractivity contribution in [2.24, 2.45) is 11.3 Å². The van der Waals surface area contributed by atoms with E-state index in [1.54, 1.807) is 0 Å². The normalized spacial score (nSPS) is 26.8. The van der Waals surface area contributed by atoms with Crippen LogP contribution in [0, 0.1) is 16.7 Å². The molecule has 1 aliphatic heterocycles. The minimum Gasteiger partial charge on any atom is -0.360 e. The molecule has 2 nitrogen and oxygen atoms in total. The molecule has 0 aromatic heterocycles. The third-order valence-electron chi connectivity index (χ3n) is 4.45. The summed E-state index contributed by atoms with van der Waals surface area (Å²) >= 11 is 0. The molecule has 1 aliphatic carbocycles. The molecule has 1 saturated carbocycles. The van der Waals surface area contributed by atoms with E-state index in [4.69, 9.17) is 5.41 Å². The predicted molar refractivity (Wildman–Crippen MR) is 68.9 cm³/mol. The first-order chi connectivity index (χ1) is 7.58. The molecule has 0 spiro atoms. The summed E-state index contributed by atoms with van der Waals surface area (Å²) in [6.07, 6.45) is 9.09. The highest BCUT2D eigenvalue weighted by molar-refractivity contribution is 5.81. The Morgan fingerprint density at radius 1 is 1.06 bits per heavy atom. The van der Waals surface area contributed by atoms with E-state index in [2.05, 4.69) is 18.7 Å². The van der Waals surface area contributed by atoms with Gasteiger partial charge in [-0.25, -0.2) is 0 Å². The molecular weight excluding hydrogens is 196 g/mol. The third kappa shape index (κ3) is 2.78. The Labute approximate surface area is 99.9 Å². The highest BCUT2D eigenvalue weighted by atomic mass is 15.2. The van der Waals surface area contributed by atoms with Crippen LogP contribution in [0.1, 0.15) is 58.8 Å². The topological polar surface area (TPSA) is 27.1 Å². The van der Waals surface area contributed by atoms with Gasteiger partial charge in [-0.1, -0.05) is 33.1 Å². The minimum atomic E-state index is 0.503. The monoisotopic (exact) mass is 222 g/mol. The largest absolute Gasteiger partial charge is 0.360 e. The zero-order chi connectivity index (χ0) is 11.6. The Kier molecular flexibility index (Phi) is 3.56. The molecule has 0 aromatic rings. The molecule has 0 amide bonds. The van der Waals surface area contributed by atoms with Crippen LogP contribution < -0.4 is 0 Å². The average Bonchev–Trinajstić information content (AvgIpc) is 2.29. The van der Waals surface area contributed by atoms with Gasteiger partial charge in [-0.05, 0) is 31.1 Å². The van der Waals surface area contributed by atoms with Crippen LogP contribution in [0.25, 0.3) is 0 Å². The Balaban J connectivity index is 1.86. The Morgan fingerprint density at radius 2 is 1.62 bits per heavy atom. The molecule has 2 heteroatoms. The summed E-state index contributed by atoms with van der Waals surface area (Å²) in [5.74, 6) is 1.53. The number of piperidine rings is 1. The molecule has 1 heterocycles. The number of nitrogens with one attached hydrogen (secondary N) is 1. The van der Waals surface area contributed by atoms with Crippen LogP contribution in [0.4, 0.5) is 0 Å². The first-order valence-corrected chi connectivity index (χ1v) is 6.92. The van der Waals surface area contributed by atoms with E-state index in [0.717, 1.165) is 18.9 Å². The smallest absolute Gasteiger partial charge is 0.0989 e. The first-order valence-electron chi connectivity index (χ1n) is 6.92. The van der Waals surface area contributed by atoms with Crippen LogP contribution in [0.15, 0.2) is 0 Å². The van der Waals surface area contributed by atoms with E-state index < -0.39 is 0 Å². The van der Waals surface area contributed by atoms with Gasteiger partial charge in [-0.15, -0.1) is 0 Å². The lowest BCUT2D eigenvalue weighted by molar-refractivity contribution is 0.180. The number of hydrogen-bond donors (Lipinski definition) is 1. The zero-order valence-corrected chi connectivity index (χ0v) is 10.9. The molecule has 1 saturated heterocycles. The summed E-state index contributed by atoms with van der Waals surface area (Å²) in [5, 5.41) is 8.33. The molecule has 16 heavy (non-hydrogen) atoms. The van der Waals surface area contributed by atoms with Crippen molar-refractivity contribution in [1.82, 2.24) is 4.90 Å². The molecule has 1 N–H and O–H groups in total. The van der Waals surface area contributed by atoms with E-state index in [-0.39, 0.29) is 0 Å². The van der Waals surface area contributed by atoms with Gasteiger partial charge in [0.2, 0.25) is 0 Å². The molecule has 0 radical (unpaired) electrons. The summed E-state index contributed by atoms with van der Waals surface area (Å²) < 4.78 is 0. The third-order valence-corrected chi connectivity index (χ3v) is 4.45.